The second kappa shape index (κ2) is 6.44. The van der Waals surface area contributed by atoms with E-state index in [0.29, 0.717) is 0 Å². The summed E-state index contributed by atoms with van der Waals surface area (Å²) in [5.41, 5.74) is 0.999. The van der Waals surface area contributed by atoms with Crippen LogP contribution < -0.4 is 5.56 Å². The number of rotatable bonds is 6. The van der Waals surface area contributed by atoms with Crippen molar-refractivity contribution in [2.75, 3.05) is 0 Å². The summed E-state index contributed by atoms with van der Waals surface area (Å²) in [5.74, 6) is 0. The van der Waals surface area contributed by atoms with Crippen LogP contribution in [0.5, 0.6) is 0 Å². The van der Waals surface area contributed by atoms with E-state index in [1.807, 2.05) is 29.8 Å². The van der Waals surface area contributed by atoms with Crippen molar-refractivity contribution in [1.29, 1.82) is 0 Å². The molecule has 0 atom stereocenters. The lowest BCUT2D eigenvalue weighted by Crippen LogP contribution is -2.21. The number of pyridine rings is 1. The first-order chi connectivity index (χ1) is 7.25. The lowest BCUT2D eigenvalue weighted by atomic mass is 10.1. The number of hydrogen-bond acceptors (Lipinski definition) is 1. The lowest BCUT2D eigenvalue weighted by molar-refractivity contribution is 0.557. The number of nitrogens with zero attached hydrogens (tertiary/aromatic N) is 1. The van der Waals surface area contributed by atoms with Gasteiger partial charge in [0.05, 0.1) is 0 Å². The molecule has 0 fully saturated rings. The van der Waals surface area contributed by atoms with Crippen LogP contribution in [0.4, 0.5) is 0 Å². The van der Waals surface area contributed by atoms with Crippen LogP contribution in [0, 0.1) is 6.92 Å². The van der Waals surface area contributed by atoms with Crippen molar-refractivity contribution in [3.8, 4) is 0 Å². The zero-order chi connectivity index (χ0) is 11.1. The van der Waals surface area contributed by atoms with Gasteiger partial charge in [0.25, 0.3) is 5.56 Å². The average Bonchev–Trinajstić information content (AvgIpc) is 2.24. The molecule has 1 heterocycles. The molecular weight excluding hydrogens is 186 g/mol. The molecule has 0 aliphatic rings. The van der Waals surface area contributed by atoms with Crippen molar-refractivity contribution in [1.82, 2.24) is 4.57 Å². The summed E-state index contributed by atoms with van der Waals surface area (Å²) in [5, 5.41) is 0. The molecule has 0 saturated heterocycles. The maximum absolute atomic E-state index is 11.7. The van der Waals surface area contributed by atoms with Gasteiger partial charge in [0, 0.05) is 18.3 Å². The van der Waals surface area contributed by atoms with Gasteiger partial charge in [-0.3, -0.25) is 4.79 Å². The van der Waals surface area contributed by atoms with Crippen LogP contribution in [-0.4, -0.2) is 4.57 Å². The van der Waals surface area contributed by atoms with Crippen molar-refractivity contribution in [2.24, 2.45) is 0 Å². The van der Waals surface area contributed by atoms with Crippen molar-refractivity contribution in [3.63, 3.8) is 0 Å². The van der Waals surface area contributed by atoms with Gasteiger partial charge in [-0.15, -0.1) is 0 Å². The highest BCUT2D eigenvalue weighted by Gasteiger charge is 1.97. The molecule has 0 spiro atoms. The summed E-state index contributed by atoms with van der Waals surface area (Å²) < 4.78 is 1.82. The van der Waals surface area contributed by atoms with E-state index in [9.17, 15) is 4.79 Å². The molecule has 1 rings (SSSR count). The molecule has 0 amide bonds. The Morgan fingerprint density at radius 3 is 2.67 bits per heavy atom. The van der Waals surface area contributed by atoms with Crippen LogP contribution in [-0.2, 0) is 6.54 Å². The van der Waals surface area contributed by atoms with E-state index in [0.717, 1.165) is 18.5 Å². The van der Waals surface area contributed by atoms with Crippen molar-refractivity contribution in [2.45, 2.75) is 52.5 Å². The highest BCUT2D eigenvalue weighted by molar-refractivity contribution is 5.07. The molecule has 84 valence electrons. The Kier molecular flexibility index (Phi) is 5.16. The normalized spacial score (nSPS) is 10.5. The number of unbranched alkanes of at least 4 members (excludes halogenated alkanes) is 4. The molecule has 0 unspecified atom stereocenters. The van der Waals surface area contributed by atoms with E-state index in [4.69, 9.17) is 0 Å². The molecule has 0 bridgehead atoms. The van der Waals surface area contributed by atoms with Gasteiger partial charge in [-0.2, -0.15) is 0 Å². The minimum atomic E-state index is 0.160. The van der Waals surface area contributed by atoms with Crippen molar-refractivity contribution < 1.29 is 0 Å². The van der Waals surface area contributed by atoms with Crippen molar-refractivity contribution in [3.05, 3.63) is 34.2 Å². The van der Waals surface area contributed by atoms with Gasteiger partial charge in [-0.05, 0) is 19.4 Å². The minimum absolute atomic E-state index is 0.160. The van der Waals surface area contributed by atoms with Gasteiger partial charge in [-0.1, -0.05) is 38.7 Å². The zero-order valence-corrected chi connectivity index (χ0v) is 9.83. The summed E-state index contributed by atoms with van der Waals surface area (Å²) >= 11 is 0. The molecular formula is C13H21NO. The summed E-state index contributed by atoms with van der Waals surface area (Å²) in [4.78, 5) is 11.7. The van der Waals surface area contributed by atoms with Gasteiger partial charge in [0.1, 0.15) is 0 Å². The van der Waals surface area contributed by atoms with E-state index in [2.05, 4.69) is 6.92 Å². The summed E-state index contributed by atoms with van der Waals surface area (Å²) in [6.45, 7) is 4.95. The predicted octanol–water partition coefficient (Wildman–Crippen LogP) is 3.13. The van der Waals surface area contributed by atoms with E-state index in [-0.39, 0.29) is 5.56 Å². The highest BCUT2D eigenvalue weighted by atomic mass is 16.1. The van der Waals surface area contributed by atoms with Crippen LogP contribution in [0.1, 0.15) is 44.6 Å². The van der Waals surface area contributed by atoms with Gasteiger partial charge >= 0.3 is 0 Å². The van der Waals surface area contributed by atoms with E-state index in [1.54, 1.807) is 0 Å². The van der Waals surface area contributed by atoms with Crippen LogP contribution in [0.15, 0.2) is 23.1 Å². The molecule has 2 heteroatoms. The first-order valence-corrected chi connectivity index (χ1v) is 5.91. The third-order valence-electron chi connectivity index (χ3n) is 2.71. The third kappa shape index (κ3) is 3.90. The molecule has 1 aromatic heterocycles. The lowest BCUT2D eigenvalue weighted by Gasteiger charge is -2.05. The maximum Gasteiger partial charge on any atom is 0.253 e. The minimum Gasteiger partial charge on any atom is -0.315 e. The Labute approximate surface area is 91.9 Å². The van der Waals surface area contributed by atoms with Gasteiger partial charge in [0.2, 0.25) is 0 Å². The first-order valence-electron chi connectivity index (χ1n) is 5.91. The quantitative estimate of drug-likeness (QED) is 0.657. The molecule has 0 N–H and O–H groups in total. The van der Waals surface area contributed by atoms with Crippen LogP contribution in [0.3, 0.4) is 0 Å². The fourth-order valence-electron chi connectivity index (χ4n) is 1.72. The summed E-state index contributed by atoms with van der Waals surface area (Å²) in [6, 6.07) is 3.82. The first kappa shape index (κ1) is 12.0. The molecule has 0 radical (unpaired) electrons. The van der Waals surface area contributed by atoms with Gasteiger partial charge < -0.3 is 4.57 Å². The molecule has 0 saturated carbocycles. The van der Waals surface area contributed by atoms with Crippen LogP contribution >= 0.6 is 0 Å². The van der Waals surface area contributed by atoms with Gasteiger partial charge in [0.15, 0.2) is 0 Å². The maximum atomic E-state index is 11.7. The Bertz CT molecular complexity index is 341. The predicted molar refractivity (Wildman–Crippen MR) is 64.2 cm³/mol. The SMILES string of the molecule is CCCCCCCn1cccc(C)c1=O. The zero-order valence-electron chi connectivity index (χ0n) is 9.83. The topological polar surface area (TPSA) is 22.0 Å². The summed E-state index contributed by atoms with van der Waals surface area (Å²) in [7, 11) is 0. The Hall–Kier alpha value is -1.05. The molecule has 1 aromatic rings. The Morgan fingerprint density at radius 1 is 1.20 bits per heavy atom. The summed E-state index contributed by atoms with van der Waals surface area (Å²) in [6.07, 6.45) is 8.09. The fourth-order valence-corrected chi connectivity index (χ4v) is 1.72. The van der Waals surface area contributed by atoms with Gasteiger partial charge in [-0.25, -0.2) is 0 Å². The second-order valence-electron chi connectivity index (χ2n) is 4.10. The monoisotopic (exact) mass is 207 g/mol. The van der Waals surface area contributed by atoms with E-state index < -0.39 is 0 Å². The fraction of sp³-hybridized carbons (Fsp3) is 0.615. The number of aromatic nitrogens is 1. The Morgan fingerprint density at radius 2 is 1.93 bits per heavy atom. The van der Waals surface area contributed by atoms with E-state index >= 15 is 0 Å². The molecule has 2 nitrogen and oxygen atoms in total. The van der Waals surface area contributed by atoms with Crippen molar-refractivity contribution >= 4 is 0 Å². The average molecular weight is 207 g/mol. The standard InChI is InChI=1S/C13H21NO/c1-3-4-5-6-7-10-14-11-8-9-12(2)13(14)15/h8-9,11H,3-7,10H2,1-2H3. The third-order valence-corrected chi connectivity index (χ3v) is 2.71. The van der Waals surface area contributed by atoms with Crippen LogP contribution in [0.2, 0.25) is 0 Å². The highest BCUT2D eigenvalue weighted by Crippen LogP contribution is 2.03. The molecule has 15 heavy (non-hydrogen) atoms. The largest absolute Gasteiger partial charge is 0.315 e. The second-order valence-corrected chi connectivity index (χ2v) is 4.10. The molecule has 0 aliphatic heterocycles. The molecule has 0 aromatic carbocycles. The van der Waals surface area contributed by atoms with Crippen LogP contribution in [0.25, 0.3) is 0 Å². The van der Waals surface area contributed by atoms with E-state index in [1.165, 1.54) is 25.7 Å². The number of aryl methyl sites for hydroxylation is 2. The smallest absolute Gasteiger partial charge is 0.253 e. The number of hydrogen-bond donors (Lipinski definition) is 0. The Balaban J connectivity index is 2.38. The molecule has 0 aliphatic carbocycles.